The second-order valence-electron chi connectivity index (χ2n) is 6.26. The average molecular weight is 363 g/mol. The third kappa shape index (κ3) is 6.59. The number of methoxy groups -OCH3 is 1. The molecule has 0 heterocycles. The molecule has 2 aromatic carbocycles. The number of amides is 1. The van der Waals surface area contributed by atoms with E-state index in [1.54, 1.807) is 12.1 Å². The molecule has 27 heavy (non-hydrogen) atoms. The van der Waals surface area contributed by atoms with Gasteiger partial charge in [0.1, 0.15) is 0 Å². The number of allylic oxidation sites excluding steroid dienone is 2. The second-order valence-corrected chi connectivity index (χ2v) is 6.26. The lowest BCUT2D eigenvalue weighted by Gasteiger charge is -2.09. The number of nitrogens with one attached hydrogen (secondary N) is 1. The van der Waals surface area contributed by atoms with Crippen molar-refractivity contribution < 1.29 is 14.3 Å². The number of hydrogen-bond donors (Lipinski definition) is 1. The SMILES string of the molecule is C/C=C\Cc1cc(/C=C/C(=O)OC)cc(C(=O)NCc2ccc(C)cc2)c1. The third-order valence-corrected chi connectivity index (χ3v) is 4.05. The van der Waals surface area contributed by atoms with Crippen molar-refractivity contribution in [3.63, 3.8) is 0 Å². The summed E-state index contributed by atoms with van der Waals surface area (Å²) in [5.74, 6) is -0.579. The van der Waals surface area contributed by atoms with Gasteiger partial charge in [-0.05, 0) is 55.2 Å². The van der Waals surface area contributed by atoms with Gasteiger partial charge in [0.15, 0.2) is 0 Å². The van der Waals surface area contributed by atoms with Gasteiger partial charge in [-0.2, -0.15) is 0 Å². The first kappa shape index (κ1) is 20.2. The molecule has 0 aliphatic rings. The normalized spacial score (nSPS) is 11.1. The Hall–Kier alpha value is -3.14. The molecule has 140 valence electrons. The fraction of sp³-hybridized carbons (Fsp3) is 0.217. The quantitative estimate of drug-likeness (QED) is 0.455. The topological polar surface area (TPSA) is 55.4 Å². The summed E-state index contributed by atoms with van der Waals surface area (Å²) in [4.78, 5) is 24.0. The van der Waals surface area contributed by atoms with Crippen LogP contribution in [0.5, 0.6) is 0 Å². The Labute approximate surface area is 160 Å². The van der Waals surface area contributed by atoms with E-state index in [1.165, 1.54) is 18.7 Å². The van der Waals surface area contributed by atoms with Crippen LogP contribution in [-0.2, 0) is 22.5 Å². The van der Waals surface area contributed by atoms with E-state index in [1.807, 2.05) is 62.4 Å². The van der Waals surface area contributed by atoms with Crippen LogP contribution in [0.3, 0.4) is 0 Å². The van der Waals surface area contributed by atoms with Gasteiger partial charge in [-0.25, -0.2) is 4.79 Å². The highest BCUT2D eigenvalue weighted by Gasteiger charge is 2.08. The molecule has 0 saturated carbocycles. The van der Waals surface area contributed by atoms with Crippen molar-refractivity contribution in [2.75, 3.05) is 7.11 Å². The number of carbonyl (C=O) groups excluding carboxylic acids is 2. The minimum atomic E-state index is -0.431. The molecule has 1 amide bonds. The maximum absolute atomic E-state index is 12.6. The summed E-state index contributed by atoms with van der Waals surface area (Å²) in [7, 11) is 1.33. The van der Waals surface area contributed by atoms with E-state index < -0.39 is 5.97 Å². The van der Waals surface area contributed by atoms with Crippen LogP contribution in [0.1, 0.15) is 39.5 Å². The zero-order valence-corrected chi connectivity index (χ0v) is 16.0. The number of esters is 1. The first-order valence-corrected chi connectivity index (χ1v) is 8.86. The number of carbonyl (C=O) groups is 2. The lowest BCUT2D eigenvalue weighted by molar-refractivity contribution is -0.134. The van der Waals surface area contributed by atoms with Crippen LogP contribution < -0.4 is 5.32 Å². The van der Waals surface area contributed by atoms with Crippen molar-refractivity contribution in [2.24, 2.45) is 0 Å². The fourth-order valence-corrected chi connectivity index (χ4v) is 2.54. The number of hydrogen-bond acceptors (Lipinski definition) is 3. The molecule has 0 unspecified atom stereocenters. The summed E-state index contributed by atoms with van der Waals surface area (Å²) < 4.78 is 4.62. The van der Waals surface area contributed by atoms with Crippen LogP contribution in [0.15, 0.2) is 60.7 Å². The Morgan fingerprint density at radius 1 is 1.07 bits per heavy atom. The van der Waals surface area contributed by atoms with E-state index in [0.29, 0.717) is 18.5 Å². The summed E-state index contributed by atoms with van der Waals surface area (Å²) in [6, 6.07) is 13.6. The summed E-state index contributed by atoms with van der Waals surface area (Å²) in [6.07, 6.45) is 7.71. The molecular weight excluding hydrogens is 338 g/mol. The third-order valence-electron chi connectivity index (χ3n) is 4.05. The lowest BCUT2D eigenvalue weighted by atomic mass is 10.0. The zero-order valence-electron chi connectivity index (χ0n) is 16.0. The molecule has 0 aromatic heterocycles. The van der Waals surface area contributed by atoms with Gasteiger partial charge in [0, 0.05) is 18.2 Å². The summed E-state index contributed by atoms with van der Waals surface area (Å²) in [6.45, 7) is 4.45. The molecule has 0 spiro atoms. The maximum Gasteiger partial charge on any atom is 0.330 e. The van der Waals surface area contributed by atoms with Gasteiger partial charge in [0.25, 0.3) is 5.91 Å². The summed E-state index contributed by atoms with van der Waals surface area (Å²) in [5.41, 5.74) is 4.57. The van der Waals surface area contributed by atoms with Gasteiger partial charge in [-0.15, -0.1) is 0 Å². The van der Waals surface area contributed by atoms with Crippen molar-refractivity contribution in [3.8, 4) is 0 Å². The average Bonchev–Trinajstić information content (AvgIpc) is 2.69. The van der Waals surface area contributed by atoms with Gasteiger partial charge in [-0.3, -0.25) is 4.79 Å². The largest absolute Gasteiger partial charge is 0.466 e. The van der Waals surface area contributed by atoms with Crippen LogP contribution in [0.2, 0.25) is 0 Å². The van der Waals surface area contributed by atoms with Crippen LogP contribution in [0.4, 0.5) is 0 Å². The van der Waals surface area contributed by atoms with Crippen molar-refractivity contribution in [2.45, 2.75) is 26.8 Å². The van der Waals surface area contributed by atoms with Crippen LogP contribution in [-0.4, -0.2) is 19.0 Å². The molecule has 2 rings (SSSR count). The molecular formula is C23H25NO3. The monoisotopic (exact) mass is 363 g/mol. The number of rotatable bonds is 7. The van der Waals surface area contributed by atoms with E-state index in [9.17, 15) is 9.59 Å². The van der Waals surface area contributed by atoms with Crippen molar-refractivity contribution in [3.05, 3.63) is 88.5 Å². The van der Waals surface area contributed by atoms with Crippen LogP contribution >= 0.6 is 0 Å². The predicted octanol–water partition coefficient (Wildman–Crippen LogP) is 4.23. The molecule has 0 aliphatic carbocycles. The minimum Gasteiger partial charge on any atom is -0.466 e. The Kier molecular flexibility index (Phi) is 7.56. The molecule has 0 atom stereocenters. The van der Waals surface area contributed by atoms with Gasteiger partial charge in [-0.1, -0.05) is 48.0 Å². The Morgan fingerprint density at radius 2 is 1.81 bits per heavy atom. The zero-order chi connectivity index (χ0) is 19.6. The van der Waals surface area contributed by atoms with Crippen molar-refractivity contribution in [1.82, 2.24) is 5.32 Å². The Balaban J connectivity index is 2.18. The van der Waals surface area contributed by atoms with Crippen molar-refractivity contribution in [1.29, 1.82) is 0 Å². The molecule has 0 radical (unpaired) electrons. The van der Waals surface area contributed by atoms with Crippen molar-refractivity contribution >= 4 is 18.0 Å². The fourth-order valence-electron chi connectivity index (χ4n) is 2.54. The molecule has 0 bridgehead atoms. The molecule has 0 saturated heterocycles. The van der Waals surface area contributed by atoms with Crippen LogP contribution in [0.25, 0.3) is 6.08 Å². The van der Waals surface area contributed by atoms with E-state index in [-0.39, 0.29) is 5.91 Å². The van der Waals surface area contributed by atoms with E-state index in [4.69, 9.17) is 0 Å². The maximum atomic E-state index is 12.6. The first-order chi connectivity index (χ1) is 13.0. The van der Waals surface area contributed by atoms with E-state index in [0.717, 1.165) is 16.7 Å². The molecule has 0 aliphatic heterocycles. The Morgan fingerprint density at radius 3 is 2.48 bits per heavy atom. The highest BCUT2D eigenvalue weighted by molar-refractivity contribution is 5.95. The summed E-state index contributed by atoms with van der Waals surface area (Å²) in [5, 5.41) is 2.95. The van der Waals surface area contributed by atoms with Crippen LogP contribution in [0, 0.1) is 6.92 Å². The predicted molar refractivity (Wildman–Crippen MR) is 108 cm³/mol. The highest BCUT2D eigenvalue weighted by atomic mass is 16.5. The molecule has 0 fully saturated rings. The lowest BCUT2D eigenvalue weighted by Crippen LogP contribution is -2.23. The summed E-state index contributed by atoms with van der Waals surface area (Å²) >= 11 is 0. The molecule has 2 aromatic rings. The van der Waals surface area contributed by atoms with Gasteiger partial charge in [0.05, 0.1) is 7.11 Å². The smallest absolute Gasteiger partial charge is 0.330 e. The first-order valence-electron chi connectivity index (χ1n) is 8.86. The number of benzene rings is 2. The minimum absolute atomic E-state index is 0.148. The van der Waals surface area contributed by atoms with E-state index >= 15 is 0 Å². The molecule has 4 heteroatoms. The van der Waals surface area contributed by atoms with Gasteiger partial charge >= 0.3 is 5.97 Å². The van der Waals surface area contributed by atoms with Gasteiger partial charge < -0.3 is 10.1 Å². The van der Waals surface area contributed by atoms with E-state index in [2.05, 4.69) is 10.1 Å². The number of aryl methyl sites for hydroxylation is 1. The second kappa shape index (κ2) is 10.1. The molecule has 4 nitrogen and oxygen atoms in total. The molecule has 1 N–H and O–H groups in total. The highest BCUT2D eigenvalue weighted by Crippen LogP contribution is 2.14. The Bertz CT molecular complexity index is 848. The standard InChI is InChI=1S/C23H25NO3/c1-4-5-6-19-13-20(11-12-22(25)27-3)15-21(14-19)23(26)24-16-18-9-7-17(2)8-10-18/h4-5,7-15H,6,16H2,1-3H3,(H,24,26)/b5-4-,12-11+. The number of ether oxygens (including phenoxy) is 1. The van der Waals surface area contributed by atoms with Gasteiger partial charge in [0.2, 0.25) is 0 Å².